The average molecular weight is 445 g/mol. The summed E-state index contributed by atoms with van der Waals surface area (Å²) in [5, 5.41) is 3.04. The van der Waals surface area contributed by atoms with Crippen LogP contribution in [0.4, 0.5) is 5.69 Å². The predicted molar refractivity (Wildman–Crippen MR) is 119 cm³/mol. The molecule has 4 rings (SSSR count). The second kappa shape index (κ2) is 8.51. The number of aryl methyl sites for hydroxylation is 1. The Hall–Kier alpha value is -2.58. The molecule has 2 heterocycles. The van der Waals surface area contributed by atoms with Crippen LogP contribution in [0.25, 0.3) is 0 Å². The van der Waals surface area contributed by atoms with Crippen LogP contribution in [0.1, 0.15) is 24.0 Å². The van der Waals surface area contributed by atoms with Crippen molar-refractivity contribution in [2.45, 2.75) is 31.3 Å². The number of carbonyl (C=O) groups excluding carboxylic acids is 1. The number of fused-ring (bicyclic) bond motifs is 1. The van der Waals surface area contributed by atoms with Gasteiger partial charge < -0.3 is 14.8 Å². The Kier molecular flexibility index (Phi) is 5.94. The number of anilines is 1. The Balaban J connectivity index is 1.54. The smallest absolute Gasteiger partial charge is 0.263 e. The molecule has 2 aromatic carbocycles. The molecule has 0 aromatic heterocycles. The molecular formula is C23H28N2O5S. The maximum atomic E-state index is 13.1. The summed E-state index contributed by atoms with van der Waals surface area (Å²) in [5.74, 6) is 0.0864. The monoisotopic (exact) mass is 444 g/mol. The van der Waals surface area contributed by atoms with Gasteiger partial charge in [-0.3, -0.25) is 9.10 Å². The molecule has 1 N–H and O–H groups in total. The van der Waals surface area contributed by atoms with Gasteiger partial charge in [-0.25, -0.2) is 8.42 Å². The van der Waals surface area contributed by atoms with Gasteiger partial charge in [0.1, 0.15) is 5.75 Å². The van der Waals surface area contributed by atoms with E-state index in [0.29, 0.717) is 31.2 Å². The highest BCUT2D eigenvalue weighted by molar-refractivity contribution is 7.92. The highest BCUT2D eigenvalue weighted by Crippen LogP contribution is 2.37. The van der Waals surface area contributed by atoms with Crippen molar-refractivity contribution in [3.05, 3.63) is 59.7 Å². The summed E-state index contributed by atoms with van der Waals surface area (Å²) in [6.07, 6.45) is 1.83. The lowest BCUT2D eigenvalue weighted by atomic mass is 9.74. The molecule has 1 amide bonds. The summed E-state index contributed by atoms with van der Waals surface area (Å²) in [7, 11) is -3.55. The minimum atomic E-state index is -3.55. The number of nitrogens with one attached hydrogen (secondary N) is 1. The molecule has 2 aliphatic heterocycles. The van der Waals surface area contributed by atoms with Crippen LogP contribution in [0.2, 0.25) is 0 Å². The topological polar surface area (TPSA) is 84.9 Å². The Bertz CT molecular complexity index is 1050. The number of hydrogen-bond donors (Lipinski definition) is 1. The fourth-order valence-corrected chi connectivity index (χ4v) is 5.22. The maximum absolute atomic E-state index is 13.1. The van der Waals surface area contributed by atoms with Crippen LogP contribution < -0.4 is 14.4 Å². The number of ether oxygens (including phenoxy) is 2. The predicted octanol–water partition coefficient (Wildman–Crippen LogP) is 2.39. The number of amides is 1. The molecule has 1 saturated heterocycles. The van der Waals surface area contributed by atoms with E-state index in [1.165, 1.54) is 9.87 Å². The Labute approximate surface area is 183 Å². The van der Waals surface area contributed by atoms with Gasteiger partial charge in [-0.1, -0.05) is 36.4 Å². The second-order valence-corrected chi connectivity index (χ2v) is 10.3. The zero-order chi connectivity index (χ0) is 22.1. The molecule has 0 spiro atoms. The number of hydrogen-bond acceptors (Lipinski definition) is 5. The van der Waals surface area contributed by atoms with E-state index in [1.807, 2.05) is 31.2 Å². The third kappa shape index (κ3) is 4.55. The molecule has 1 unspecified atom stereocenters. The molecule has 8 heteroatoms. The molecule has 7 nitrogen and oxygen atoms in total. The second-order valence-electron chi connectivity index (χ2n) is 8.35. The van der Waals surface area contributed by atoms with E-state index < -0.39 is 16.1 Å². The van der Waals surface area contributed by atoms with Gasteiger partial charge in [-0.05, 0) is 43.0 Å². The third-order valence-electron chi connectivity index (χ3n) is 6.11. The molecule has 1 atom stereocenters. The van der Waals surface area contributed by atoms with Gasteiger partial charge in [0.15, 0.2) is 6.10 Å². The summed E-state index contributed by atoms with van der Waals surface area (Å²) in [4.78, 5) is 13.1. The highest BCUT2D eigenvalue weighted by atomic mass is 32.2. The molecule has 166 valence electrons. The highest BCUT2D eigenvalue weighted by Gasteiger charge is 2.38. The molecule has 0 radical (unpaired) electrons. The quantitative estimate of drug-likeness (QED) is 0.766. The van der Waals surface area contributed by atoms with Crippen molar-refractivity contribution in [3.8, 4) is 5.75 Å². The first kappa shape index (κ1) is 21.6. The fraction of sp³-hybridized carbons (Fsp3) is 0.435. The molecule has 0 aliphatic carbocycles. The lowest BCUT2D eigenvalue weighted by molar-refractivity contribution is -0.128. The number of sulfonamides is 1. The van der Waals surface area contributed by atoms with E-state index in [0.717, 1.165) is 24.7 Å². The van der Waals surface area contributed by atoms with Crippen molar-refractivity contribution >= 4 is 21.6 Å². The normalized spacial score (nSPS) is 20.5. The van der Waals surface area contributed by atoms with Crippen LogP contribution in [0.15, 0.2) is 48.5 Å². The molecule has 2 aliphatic rings. The lowest BCUT2D eigenvalue weighted by Crippen LogP contribution is -2.53. The van der Waals surface area contributed by atoms with Crippen LogP contribution in [0.5, 0.6) is 5.75 Å². The first-order chi connectivity index (χ1) is 14.8. The minimum absolute atomic E-state index is 0.0534. The van der Waals surface area contributed by atoms with Crippen LogP contribution in [-0.2, 0) is 25.0 Å². The summed E-state index contributed by atoms with van der Waals surface area (Å²) in [6.45, 7) is 3.56. The standard InChI is InChI=1S/C23H28N2O5S/c1-17-8-9-19-20(14-17)30-21(15-25(19)31(2,27)28)22(26)24-16-23(10-12-29-13-11-23)18-6-4-3-5-7-18/h3-9,14,21H,10-13,15-16H2,1-2H3,(H,24,26). The van der Waals surface area contributed by atoms with Gasteiger partial charge in [0.2, 0.25) is 10.0 Å². The van der Waals surface area contributed by atoms with Gasteiger partial charge >= 0.3 is 0 Å². The first-order valence-corrected chi connectivity index (χ1v) is 12.3. The molecule has 31 heavy (non-hydrogen) atoms. The van der Waals surface area contributed by atoms with Crippen LogP contribution in [0, 0.1) is 6.92 Å². The van der Waals surface area contributed by atoms with Crippen molar-refractivity contribution in [1.82, 2.24) is 5.32 Å². The lowest BCUT2D eigenvalue weighted by Gasteiger charge is -2.39. The van der Waals surface area contributed by atoms with Gasteiger partial charge in [-0.2, -0.15) is 0 Å². The van der Waals surface area contributed by atoms with Crippen molar-refractivity contribution in [2.75, 3.05) is 36.9 Å². The van der Waals surface area contributed by atoms with Gasteiger partial charge in [-0.15, -0.1) is 0 Å². The van der Waals surface area contributed by atoms with E-state index >= 15 is 0 Å². The number of rotatable bonds is 5. The van der Waals surface area contributed by atoms with E-state index in [2.05, 4.69) is 17.4 Å². The summed E-state index contributed by atoms with van der Waals surface area (Å²) in [6, 6.07) is 15.4. The molecule has 0 saturated carbocycles. The SMILES string of the molecule is Cc1ccc2c(c1)OC(C(=O)NCC1(c3ccccc3)CCOCC1)CN2S(C)(=O)=O. The largest absolute Gasteiger partial charge is 0.476 e. The van der Waals surface area contributed by atoms with Crippen molar-refractivity contribution in [3.63, 3.8) is 0 Å². The van der Waals surface area contributed by atoms with Gasteiger partial charge in [0.05, 0.1) is 18.5 Å². The Morgan fingerprint density at radius 2 is 1.87 bits per heavy atom. The van der Waals surface area contributed by atoms with E-state index in [1.54, 1.807) is 12.1 Å². The van der Waals surface area contributed by atoms with Crippen molar-refractivity contribution in [1.29, 1.82) is 0 Å². The number of carbonyl (C=O) groups is 1. The molecule has 1 fully saturated rings. The summed E-state index contributed by atoms with van der Waals surface area (Å²) in [5.41, 5.74) is 2.34. The van der Waals surface area contributed by atoms with Crippen LogP contribution >= 0.6 is 0 Å². The molecular weight excluding hydrogens is 416 g/mol. The van der Waals surface area contributed by atoms with E-state index in [-0.39, 0.29) is 17.9 Å². The third-order valence-corrected chi connectivity index (χ3v) is 7.26. The molecule has 0 bridgehead atoms. The average Bonchev–Trinajstić information content (AvgIpc) is 2.77. The first-order valence-electron chi connectivity index (χ1n) is 10.4. The summed E-state index contributed by atoms with van der Waals surface area (Å²) < 4.78 is 37.5. The fourth-order valence-electron chi connectivity index (χ4n) is 4.30. The van der Waals surface area contributed by atoms with E-state index in [9.17, 15) is 13.2 Å². The zero-order valence-electron chi connectivity index (χ0n) is 17.8. The minimum Gasteiger partial charge on any atom is -0.476 e. The van der Waals surface area contributed by atoms with E-state index in [4.69, 9.17) is 9.47 Å². The van der Waals surface area contributed by atoms with Crippen molar-refractivity contribution in [2.24, 2.45) is 0 Å². The zero-order valence-corrected chi connectivity index (χ0v) is 18.7. The molecule has 2 aromatic rings. The van der Waals surface area contributed by atoms with Gasteiger partial charge in [0, 0.05) is 25.2 Å². The van der Waals surface area contributed by atoms with Gasteiger partial charge in [0.25, 0.3) is 5.91 Å². The maximum Gasteiger partial charge on any atom is 0.263 e. The summed E-state index contributed by atoms with van der Waals surface area (Å²) >= 11 is 0. The van der Waals surface area contributed by atoms with Crippen LogP contribution in [0.3, 0.4) is 0 Å². The van der Waals surface area contributed by atoms with Crippen molar-refractivity contribution < 1.29 is 22.7 Å². The van der Waals surface area contributed by atoms with Crippen LogP contribution in [-0.4, -0.2) is 53.0 Å². The Morgan fingerprint density at radius 3 is 2.55 bits per heavy atom. The number of benzene rings is 2. The Morgan fingerprint density at radius 1 is 1.16 bits per heavy atom. The number of nitrogens with zero attached hydrogens (tertiary/aromatic N) is 1.